The molecule has 1 aliphatic heterocycles. The first-order valence-corrected chi connectivity index (χ1v) is 8.96. The number of carbonyl (C=O) groups excluding carboxylic acids is 1. The number of nitrogens with one attached hydrogen (secondary N) is 1. The second-order valence-corrected chi connectivity index (χ2v) is 7.59. The van der Waals surface area contributed by atoms with E-state index in [9.17, 15) is 13.2 Å². The van der Waals surface area contributed by atoms with Gasteiger partial charge in [-0.15, -0.1) is 0 Å². The summed E-state index contributed by atoms with van der Waals surface area (Å²) in [5, 5.41) is 2.71. The normalized spacial score (nSPS) is 19.4. The highest BCUT2D eigenvalue weighted by molar-refractivity contribution is 7.91. The van der Waals surface area contributed by atoms with Crippen LogP contribution in [0.3, 0.4) is 0 Å². The molecule has 0 spiro atoms. The number of nitrogens with two attached hydrogens (primary N) is 1. The standard InChI is InChI=1S/C16H17N3O3S/c17-14-2-1-9-23(21,22)15-10-11(3-4-13(14)15)16(20)19-12-5-7-18-8-6-12/h3-8,10,14H,1-2,9,17H2,(H,18,19,20). The molecule has 120 valence electrons. The topological polar surface area (TPSA) is 102 Å². The number of anilines is 1. The van der Waals surface area contributed by atoms with Gasteiger partial charge in [0.05, 0.1) is 10.6 Å². The fraction of sp³-hybridized carbons (Fsp3) is 0.250. The molecule has 23 heavy (non-hydrogen) atoms. The van der Waals surface area contributed by atoms with Crippen LogP contribution in [-0.4, -0.2) is 25.1 Å². The van der Waals surface area contributed by atoms with E-state index >= 15 is 0 Å². The highest BCUT2D eigenvalue weighted by atomic mass is 32.2. The van der Waals surface area contributed by atoms with Crippen LogP contribution < -0.4 is 11.1 Å². The van der Waals surface area contributed by atoms with Gasteiger partial charge < -0.3 is 11.1 Å². The molecule has 0 saturated heterocycles. The number of amides is 1. The molecule has 6 nitrogen and oxygen atoms in total. The third kappa shape index (κ3) is 3.25. The minimum absolute atomic E-state index is 0.0587. The van der Waals surface area contributed by atoms with Gasteiger partial charge in [-0.2, -0.15) is 0 Å². The zero-order valence-electron chi connectivity index (χ0n) is 12.4. The van der Waals surface area contributed by atoms with Gasteiger partial charge in [-0.1, -0.05) is 6.07 Å². The lowest BCUT2D eigenvalue weighted by Gasteiger charge is -2.13. The van der Waals surface area contributed by atoms with E-state index in [0.29, 0.717) is 29.7 Å². The Hall–Kier alpha value is -2.25. The van der Waals surface area contributed by atoms with Gasteiger partial charge in [0, 0.05) is 29.7 Å². The fourth-order valence-electron chi connectivity index (χ4n) is 2.65. The lowest BCUT2D eigenvalue weighted by atomic mass is 10.0. The number of aromatic nitrogens is 1. The highest BCUT2D eigenvalue weighted by Crippen LogP contribution is 2.30. The SMILES string of the molecule is NC1CCCS(=O)(=O)c2cc(C(=O)Nc3ccncc3)ccc21. The molecular formula is C16H17N3O3S. The third-order valence-corrected chi connectivity index (χ3v) is 5.73. The summed E-state index contributed by atoms with van der Waals surface area (Å²) in [7, 11) is -3.41. The summed E-state index contributed by atoms with van der Waals surface area (Å²) in [4.78, 5) is 16.4. The summed E-state index contributed by atoms with van der Waals surface area (Å²) in [6.07, 6.45) is 4.28. The van der Waals surface area contributed by atoms with E-state index < -0.39 is 9.84 Å². The number of carbonyl (C=O) groups is 1. The van der Waals surface area contributed by atoms with Crippen molar-refractivity contribution in [2.75, 3.05) is 11.1 Å². The molecule has 0 bridgehead atoms. The summed E-state index contributed by atoms with van der Waals surface area (Å²) in [5.41, 5.74) is 7.52. The van der Waals surface area contributed by atoms with Crippen LogP contribution in [0.25, 0.3) is 0 Å². The summed E-state index contributed by atoms with van der Waals surface area (Å²) in [6, 6.07) is 7.67. The van der Waals surface area contributed by atoms with E-state index in [0.717, 1.165) is 0 Å². The minimum Gasteiger partial charge on any atom is -0.324 e. The molecule has 0 saturated carbocycles. The van der Waals surface area contributed by atoms with Crippen molar-refractivity contribution in [2.24, 2.45) is 5.73 Å². The van der Waals surface area contributed by atoms with Gasteiger partial charge in [0.25, 0.3) is 5.91 Å². The first-order valence-electron chi connectivity index (χ1n) is 7.31. The number of rotatable bonds is 2. The molecule has 7 heteroatoms. The molecule has 2 aromatic rings. The largest absolute Gasteiger partial charge is 0.324 e. The Morgan fingerprint density at radius 1 is 1.22 bits per heavy atom. The van der Waals surface area contributed by atoms with Crippen LogP contribution in [0.5, 0.6) is 0 Å². The fourth-order valence-corrected chi connectivity index (χ4v) is 4.30. The van der Waals surface area contributed by atoms with Gasteiger partial charge in [0.2, 0.25) is 0 Å². The molecule has 2 heterocycles. The van der Waals surface area contributed by atoms with Crippen molar-refractivity contribution in [3.63, 3.8) is 0 Å². The predicted octanol–water partition coefficient (Wildman–Crippen LogP) is 1.90. The Morgan fingerprint density at radius 3 is 2.70 bits per heavy atom. The molecule has 0 aliphatic carbocycles. The number of sulfone groups is 1. The zero-order chi connectivity index (χ0) is 16.4. The van der Waals surface area contributed by atoms with Crippen molar-refractivity contribution in [3.05, 3.63) is 53.9 Å². The van der Waals surface area contributed by atoms with Crippen molar-refractivity contribution in [3.8, 4) is 0 Å². The molecule has 1 atom stereocenters. The lowest BCUT2D eigenvalue weighted by Crippen LogP contribution is -2.16. The molecule has 0 fully saturated rings. The quantitative estimate of drug-likeness (QED) is 0.875. The van der Waals surface area contributed by atoms with Crippen molar-refractivity contribution in [1.82, 2.24) is 4.98 Å². The number of hydrogen-bond acceptors (Lipinski definition) is 5. The van der Waals surface area contributed by atoms with E-state index in [4.69, 9.17) is 5.73 Å². The minimum atomic E-state index is -3.41. The van der Waals surface area contributed by atoms with E-state index in [-0.39, 0.29) is 22.6 Å². The van der Waals surface area contributed by atoms with Crippen LogP contribution in [0, 0.1) is 0 Å². The van der Waals surface area contributed by atoms with Gasteiger partial charge in [0.15, 0.2) is 9.84 Å². The van der Waals surface area contributed by atoms with Crippen LogP contribution in [0.1, 0.15) is 34.8 Å². The van der Waals surface area contributed by atoms with Crippen molar-refractivity contribution in [1.29, 1.82) is 0 Å². The first-order chi connectivity index (χ1) is 11.0. The Labute approximate surface area is 134 Å². The Kier molecular flexibility index (Phi) is 4.14. The molecule has 1 aromatic heterocycles. The Bertz CT molecular complexity index is 835. The molecular weight excluding hydrogens is 314 g/mol. The second kappa shape index (κ2) is 6.10. The van der Waals surface area contributed by atoms with Crippen LogP contribution >= 0.6 is 0 Å². The molecule has 1 amide bonds. The average Bonchev–Trinajstić information content (AvgIpc) is 2.65. The predicted molar refractivity (Wildman–Crippen MR) is 86.8 cm³/mol. The number of hydrogen-bond donors (Lipinski definition) is 2. The second-order valence-electron chi connectivity index (χ2n) is 5.51. The zero-order valence-corrected chi connectivity index (χ0v) is 13.2. The molecule has 3 N–H and O–H groups in total. The van der Waals surface area contributed by atoms with Gasteiger partial charge in [0.1, 0.15) is 0 Å². The monoisotopic (exact) mass is 331 g/mol. The Balaban J connectivity index is 1.96. The number of fused-ring (bicyclic) bond motifs is 1. The van der Waals surface area contributed by atoms with E-state index in [1.807, 2.05) is 0 Å². The summed E-state index contributed by atoms with van der Waals surface area (Å²) >= 11 is 0. The van der Waals surface area contributed by atoms with Gasteiger partial charge >= 0.3 is 0 Å². The van der Waals surface area contributed by atoms with Crippen LogP contribution in [0.4, 0.5) is 5.69 Å². The van der Waals surface area contributed by atoms with Gasteiger partial charge in [-0.05, 0) is 42.7 Å². The Morgan fingerprint density at radius 2 is 1.96 bits per heavy atom. The number of nitrogens with zero attached hydrogens (tertiary/aromatic N) is 1. The third-order valence-electron chi connectivity index (χ3n) is 3.88. The van der Waals surface area contributed by atoms with Gasteiger partial charge in [-0.3, -0.25) is 9.78 Å². The van der Waals surface area contributed by atoms with E-state index in [1.165, 1.54) is 6.07 Å². The average molecular weight is 331 g/mol. The van der Waals surface area contributed by atoms with Crippen LogP contribution in [0.2, 0.25) is 0 Å². The number of pyridine rings is 1. The summed E-state index contributed by atoms with van der Waals surface area (Å²) in [6.45, 7) is 0. The molecule has 3 rings (SSSR count). The van der Waals surface area contributed by atoms with Gasteiger partial charge in [-0.25, -0.2) is 8.42 Å². The number of benzene rings is 1. The maximum absolute atomic E-state index is 12.4. The summed E-state index contributed by atoms with van der Waals surface area (Å²) in [5.74, 6) is -0.310. The van der Waals surface area contributed by atoms with Crippen molar-refractivity contribution in [2.45, 2.75) is 23.8 Å². The molecule has 1 aliphatic rings. The lowest BCUT2D eigenvalue weighted by molar-refractivity contribution is 0.102. The molecule has 1 unspecified atom stereocenters. The highest BCUT2D eigenvalue weighted by Gasteiger charge is 2.27. The first kappa shape index (κ1) is 15.6. The molecule has 0 radical (unpaired) electrons. The van der Waals surface area contributed by atoms with Crippen molar-refractivity contribution < 1.29 is 13.2 Å². The smallest absolute Gasteiger partial charge is 0.255 e. The van der Waals surface area contributed by atoms with Crippen molar-refractivity contribution >= 4 is 21.4 Å². The maximum atomic E-state index is 12.4. The van der Waals surface area contributed by atoms with Crippen LogP contribution in [0.15, 0.2) is 47.6 Å². The summed E-state index contributed by atoms with van der Waals surface area (Å²) < 4.78 is 24.8. The van der Waals surface area contributed by atoms with E-state index in [2.05, 4.69) is 10.3 Å². The van der Waals surface area contributed by atoms with Crippen LogP contribution in [-0.2, 0) is 9.84 Å². The van der Waals surface area contributed by atoms with E-state index in [1.54, 1.807) is 36.7 Å². The maximum Gasteiger partial charge on any atom is 0.255 e. The molecule has 1 aromatic carbocycles.